The number of nitrogens with one attached hydrogen (secondary N) is 1. The summed E-state index contributed by atoms with van der Waals surface area (Å²) in [5.41, 5.74) is -0.145. The molecule has 1 aliphatic rings. The molecule has 0 bridgehead atoms. The Labute approximate surface area is 124 Å². The molecule has 2 unspecified atom stereocenters. The number of aliphatic hydroxyl groups excluding tert-OH is 1. The van der Waals surface area contributed by atoms with E-state index in [0.717, 1.165) is 39.0 Å². The summed E-state index contributed by atoms with van der Waals surface area (Å²) in [5.74, 6) is 0. The van der Waals surface area contributed by atoms with Crippen molar-refractivity contribution in [2.24, 2.45) is 0 Å². The van der Waals surface area contributed by atoms with Gasteiger partial charge < -0.3 is 15.2 Å². The van der Waals surface area contributed by atoms with Gasteiger partial charge in [0, 0.05) is 18.6 Å². The summed E-state index contributed by atoms with van der Waals surface area (Å²) in [6.07, 6.45) is 3.68. The van der Waals surface area contributed by atoms with E-state index in [2.05, 4.69) is 44.8 Å². The average molecular weight is 286 g/mol. The molecule has 0 saturated carbocycles. The second kappa shape index (κ2) is 7.74. The van der Waals surface area contributed by atoms with Crippen LogP contribution in [0.2, 0.25) is 0 Å². The molecule has 0 amide bonds. The van der Waals surface area contributed by atoms with Crippen molar-refractivity contribution in [3.05, 3.63) is 0 Å². The summed E-state index contributed by atoms with van der Waals surface area (Å²) < 4.78 is 5.93. The van der Waals surface area contributed by atoms with Gasteiger partial charge in [0.05, 0.1) is 18.3 Å². The van der Waals surface area contributed by atoms with Crippen LogP contribution in [0.15, 0.2) is 0 Å². The van der Waals surface area contributed by atoms with E-state index in [9.17, 15) is 5.11 Å². The minimum Gasteiger partial charge on any atom is -0.394 e. The SMILES string of the molecule is CCNC(C)(CO)CCCCN1CC(C)OC(C)(C)C1. The van der Waals surface area contributed by atoms with E-state index >= 15 is 0 Å². The summed E-state index contributed by atoms with van der Waals surface area (Å²) in [6.45, 7) is 15.0. The molecule has 4 nitrogen and oxygen atoms in total. The van der Waals surface area contributed by atoms with Gasteiger partial charge in [0.25, 0.3) is 0 Å². The van der Waals surface area contributed by atoms with Crippen LogP contribution in [-0.2, 0) is 4.74 Å². The molecule has 2 atom stereocenters. The molecule has 1 aliphatic heterocycles. The lowest BCUT2D eigenvalue weighted by atomic mass is 9.95. The van der Waals surface area contributed by atoms with E-state index in [1.54, 1.807) is 0 Å². The van der Waals surface area contributed by atoms with E-state index in [1.165, 1.54) is 6.42 Å². The third-order valence-corrected chi connectivity index (χ3v) is 4.05. The number of ether oxygens (including phenoxy) is 1. The van der Waals surface area contributed by atoms with Crippen LogP contribution in [0, 0.1) is 0 Å². The molecule has 1 heterocycles. The molecule has 0 aromatic rings. The van der Waals surface area contributed by atoms with E-state index < -0.39 is 0 Å². The van der Waals surface area contributed by atoms with Gasteiger partial charge in [-0.1, -0.05) is 13.3 Å². The van der Waals surface area contributed by atoms with E-state index in [-0.39, 0.29) is 17.7 Å². The number of hydrogen-bond donors (Lipinski definition) is 2. The molecular formula is C16H34N2O2. The van der Waals surface area contributed by atoms with Crippen molar-refractivity contribution < 1.29 is 9.84 Å². The fourth-order valence-corrected chi connectivity index (χ4v) is 3.26. The maximum absolute atomic E-state index is 9.48. The summed E-state index contributed by atoms with van der Waals surface area (Å²) in [5, 5.41) is 12.9. The van der Waals surface area contributed by atoms with Crippen LogP contribution < -0.4 is 5.32 Å². The molecule has 0 aromatic carbocycles. The van der Waals surface area contributed by atoms with Gasteiger partial charge in [0.15, 0.2) is 0 Å². The highest BCUT2D eigenvalue weighted by atomic mass is 16.5. The maximum Gasteiger partial charge on any atom is 0.0757 e. The minimum atomic E-state index is -0.119. The molecule has 0 radical (unpaired) electrons. The number of rotatable bonds is 8. The molecule has 0 aromatic heterocycles. The fraction of sp³-hybridized carbons (Fsp3) is 1.00. The first kappa shape index (κ1) is 17.9. The standard InChI is InChI=1S/C16H34N2O2/c1-6-17-16(5,13-19)9-7-8-10-18-11-14(2)20-15(3,4)12-18/h14,17,19H,6-13H2,1-5H3. The monoisotopic (exact) mass is 286 g/mol. The zero-order chi connectivity index (χ0) is 15.2. The number of nitrogens with zero attached hydrogens (tertiary/aromatic N) is 1. The van der Waals surface area contributed by atoms with Crippen molar-refractivity contribution >= 4 is 0 Å². The van der Waals surface area contributed by atoms with Crippen molar-refractivity contribution in [3.8, 4) is 0 Å². The highest BCUT2D eigenvalue weighted by molar-refractivity contribution is 4.84. The molecule has 2 N–H and O–H groups in total. The van der Waals surface area contributed by atoms with Gasteiger partial charge in [-0.15, -0.1) is 0 Å². The Balaban J connectivity index is 2.27. The summed E-state index contributed by atoms with van der Waals surface area (Å²) in [6, 6.07) is 0. The van der Waals surface area contributed by atoms with Crippen LogP contribution in [0.3, 0.4) is 0 Å². The zero-order valence-electron chi connectivity index (χ0n) is 14.0. The van der Waals surface area contributed by atoms with Gasteiger partial charge >= 0.3 is 0 Å². The number of aliphatic hydroxyl groups is 1. The topological polar surface area (TPSA) is 44.7 Å². The predicted octanol–water partition coefficient (Wildman–Crippen LogP) is 2.02. The molecule has 0 spiro atoms. The van der Waals surface area contributed by atoms with Gasteiger partial charge in [-0.3, -0.25) is 4.90 Å². The Bertz CT molecular complexity index is 284. The first-order valence-electron chi connectivity index (χ1n) is 8.06. The average Bonchev–Trinajstić information content (AvgIpc) is 2.33. The highest BCUT2D eigenvalue weighted by Crippen LogP contribution is 2.21. The molecule has 0 aliphatic carbocycles. The van der Waals surface area contributed by atoms with Crippen LogP contribution in [0.5, 0.6) is 0 Å². The van der Waals surface area contributed by atoms with Crippen LogP contribution in [0.25, 0.3) is 0 Å². The van der Waals surface area contributed by atoms with E-state index in [4.69, 9.17) is 4.74 Å². The summed E-state index contributed by atoms with van der Waals surface area (Å²) >= 11 is 0. The van der Waals surface area contributed by atoms with Crippen molar-refractivity contribution in [2.75, 3.05) is 32.8 Å². The van der Waals surface area contributed by atoms with Gasteiger partial charge in [-0.2, -0.15) is 0 Å². The first-order valence-corrected chi connectivity index (χ1v) is 8.06. The lowest BCUT2D eigenvalue weighted by molar-refractivity contribution is -0.128. The predicted molar refractivity (Wildman–Crippen MR) is 84.1 cm³/mol. The summed E-state index contributed by atoms with van der Waals surface area (Å²) in [7, 11) is 0. The molecule has 120 valence electrons. The van der Waals surface area contributed by atoms with Gasteiger partial charge in [-0.25, -0.2) is 0 Å². The number of likely N-dealkylation sites (N-methyl/N-ethyl adjacent to an activating group) is 1. The van der Waals surface area contributed by atoms with Crippen LogP contribution in [0.4, 0.5) is 0 Å². The lowest BCUT2D eigenvalue weighted by Crippen LogP contribution is -2.52. The Morgan fingerprint density at radius 1 is 1.40 bits per heavy atom. The van der Waals surface area contributed by atoms with Gasteiger partial charge in [0.1, 0.15) is 0 Å². The second-order valence-corrected chi connectivity index (χ2v) is 7.13. The molecule has 4 heteroatoms. The lowest BCUT2D eigenvalue weighted by Gasteiger charge is -2.42. The third-order valence-electron chi connectivity index (χ3n) is 4.05. The van der Waals surface area contributed by atoms with Crippen LogP contribution in [0.1, 0.15) is 53.9 Å². The Morgan fingerprint density at radius 3 is 2.65 bits per heavy atom. The Hall–Kier alpha value is -0.160. The molecule has 20 heavy (non-hydrogen) atoms. The van der Waals surface area contributed by atoms with E-state index in [1.807, 2.05) is 0 Å². The normalized spacial score (nSPS) is 26.4. The minimum absolute atomic E-state index is 0.0267. The first-order chi connectivity index (χ1) is 9.30. The second-order valence-electron chi connectivity index (χ2n) is 7.13. The molecule has 1 saturated heterocycles. The fourth-order valence-electron chi connectivity index (χ4n) is 3.26. The maximum atomic E-state index is 9.48. The van der Waals surface area contributed by atoms with Crippen molar-refractivity contribution in [3.63, 3.8) is 0 Å². The number of unbranched alkanes of at least 4 members (excludes halogenated alkanes) is 1. The molecule has 1 rings (SSSR count). The number of hydrogen-bond acceptors (Lipinski definition) is 4. The largest absolute Gasteiger partial charge is 0.394 e. The summed E-state index contributed by atoms with van der Waals surface area (Å²) in [4.78, 5) is 2.51. The zero-order valence-corrected chi connectivity index (χ0v) is 14.0. The van der Waals surface area contributed by atoms with Gasteiger partial charge in [0.2, 0.25) is 0 Å². The van der Waals surface area contributed by atoms with Gasteiger partial charge in [-0.05, 0) is 53.6 Å². The van der Waals surface area contributed by atoms with Crippen molar-refractivity contribution in [1.82, 2.24) is 10.2 Å². The van der Waals surface area contributed by atoms with Crippen molar-refractivity contribution in [2.45, 2.75) is 71.1 Å². The van der Waals surface area contributed by atoms with Crippen LogP contribution >= 0.6 is 0 Å². The Morgan fingerprint density at radius 2 is 2.10 bits per heavy atom. The van der Waals surface area contributed by atoms with Crippen LogP contribution in [-0.4, -0.2) is 60.0 Å². The quantitative estimate of drug-likeness (QED) is 0.670. The number of morpholine rings is 1. The molecular weight excluding hydrogens is 252 g/mol. The molecule has 1 fully saturated rings. The smallest absolute Gasteiger partial charge is 0.0757 e. The van der Waals surface area contributed by atoms with Crippen molar-refractivity contribution in [1.29, 1.82) is 0 Å². The Kier molecular flexibility index (Phi) is 6.92. The third kappa shape index (κ3) is 6.08. The van der Waals surface area contributed by atoms with E-state index in [0.29, 0.717) is 6.10 Å². The highest BCUT2D eigenvalue weighted by Gasteiger charge is 2.30.